The number of rotatable bonds is 4. The number of nitrogens with two attached hydrogens (primary N) is 2. The zero-order valence-electron chi connectivity index (χ0n) is 8.28. The van der Waals surface area contributed by atoms with Crippen molar-refractivity contribution < 1.29 is 9.53 Å². The number of methoxy groups -OCH3 is 1. The number of ether oxygens (including phenoxy) is 1. The molecule has 5 nitrogen and oxygen atoms in total. The van der Waals surface area contributed by atoms with E-state index < -0.39 is 12.0 Å². The lowest BCUT2D eigenvalue weighted by Crippen LogP contribution is -2.30. The molecule has 1 unspecified atom stereocenters. The Morgan fingerprint density at radius 2 is 2.00 bits per heavy atom. The molecule has 76 valence electrons. The highest BCUT2D eigenvalue weighted by Gasteiger charge is 2.19. The third-order valence-electron chi connectivity index (χ3n) is 1.47. The van der Waals surface area contributed by atoms with E-state index in [-0.39, 0.29) is 5.96 Å². The van der Waals surface area contributed by atoms with Gasteiger partial charge in [0.1, 0.15) is 0 Å². The second kappa shape index (κ2) is 5.40. The average molecular weight is 187 g/mol. The van der Waals surface area contributed by atoms with Crippen LogP contribution >= 0.6 is 0 Å². The lowest BCUT2D eigenvalue weighted by atomic mass is 10.0. The maximum atomic E-state index is 11.1. The zero-order chi connectivity index (χ0) is 10.4. The van der Waals surface area contributed by atoms with Gasteiger partial charge in [-0.2, -0.15) is 0 Å². The minimum Gasteiger partial charge on any atom is -0.467 e. The van der Waals surface area contributed by atoms with E-state index in [1.54, 1.807) is 0 Å². The van der Waals surface area contributed by atoms with E-state index in [1.165, 1.54) is 7.11 Å². The van der Waals surface area contributed by atoms with Crippen molar-refractivity contribution in [2.24, 2.45) is 22.4 Å². The molecule has 0 aliphatic carbocycles. The van der Waals surface area contributed by atoms with E-state index in [1.807, 2.05) is 13.8 Å². The Balaban J connectivity index is 4.37. The van der Waals surface area contributed by atoms with E-state index in [0.29, 0.717) is 12.3 Å². The molecule has 0 saturated carbocycles. The number of nitrogens with zero attached hydrogens (tertiary/aromatic N) is 1. The van der Waals surface area contributed by atoms with Gasteiger partial charge in [-0.15, -0.1) is 0 Å². The molecule has 0 aromatic heterocycles. The Bertz CT molecular complexity index is 198. The van der Waals surface area contributed by atoms with Crippen molar-refractivity contribution in [3.8, 4) is 0 Å². The van der Waals surface area contributed by atoms with Crippen LogP contribution in [0.1, 0.15) is 20.3 Å². The number of carbonyl (C=O) groups is 1. The van der Waals surface area contributed by atoms with Crippen molar-refractivity contribution in [2.75, 3.05) is 7.11 Å². The van der Waals surface area contributed by atoms with Crippen LogP contribution in [0.4, 0.5) is 0 Å². The first-order valence-corrected chi connectivity index (χ1v) is 4.14. The quantitative estimate of drug-likeness (QED) is 0.363. The summed E-state index contributed by atoms with van der Waals surface area (Å²) in [5.74, 6) is -0.148. The number of guanidine groups is 1. The van der Waals surface area contributed by atoms with Crippen molar-refractivity contribution in [1.82, 2.24) is 0 Å². The highest BCUT2D eigenvalue weighted by atomic mass is 16.5. The molecule has 1 atom stereocenters. The summed E-state index contributed by atoms with van der Waals surface area (Å²) >= 11 is 0. The molecule has 5 heteroatoms. The van der Waals surface area contributed by atoms with Crippen LogP contribution in [0.2, 0.25) is 0 Å². The minimum atomic E-state index is -0.574. The van der Waals surface area contributed by atoms with Crippen molar-refractivity contribution in [2.45, 2.75) is 26.3 Å². The summed E-state index contributed by atoms with van der Waals surface area (Å²) in [6.07, 6.45) is 0.588. The predicted octanol–water partition coefficient (Wildman–Crippen LogP) is -0.152. The van der Waals surface area contributed by atoms with Crippen molar-refractivity contribution >= 4 is 11.9 Å². The molecule has 4 N–H and O–H groups in total. The summed E-state index contributed by atoms with van der Waals surface area (Å²) in [5.41, 5.74) is 10.4. The fourth-order valence-electron chi connectivity index (χ4n) is 0.964. The molecule has 0 aliphatic rings. The Labute approximate surface area is 78.1 Å². The SMILES string of the molecule is COC(=O)C(CC(C)C)N=C(N)N. The van der Waals surface area contributed by atoms with Crippen molar-refractivity contribution in [3.63, 3.8) is 0 Å². The number of aliphatic imine (C=N–C) groups is 1. The molecule has 13 heavy (non-hydrogen) atoms. The van der Waals surface area contributed by atoms with Gasteiger partial charge in [-0.1, -0.05) is 13.8 Å². The van der Waals surface area contributed by atoms with Gasteiger partial charge in [-0.3, -0.25) is 0 Å². The highest BCUT2D eigenvalue weighted by Crippen LogP contribution is 2.09. The van der Waals surface area contributed by atoms with E-state index in [0.717, 1.165) is 0 Å². The van der Waals surface area contributed by atoms with Crippen LogP contribution in [0.25, 0.3) is 0 Å². The fourth-order valence-corrected chi connectivity index (χ4v) is 0.964. The van der Waals surface area contributed by atoms with Gasteiger partial charge in [-0.25, -0.2) is 9.79 Å². The van der Waals surface area contributed by atoms with Gasteiger partial charge in [0.25, 0.3) is 0 Å². The van der Waals surface area contributed by atoms with Gasteiger partial charge < -0.3 is 16.2 Å². The van der Waals surface area contributed by atoms with Crippen LogP contribution < -0.4 is 11.5 Å². The summed E-state index contributed by atoms with van der Waals surface area (Å²) in [4.78, 5) is 14.9. The highest BCUT2D eigenvalue weighted by molar-refractivity contribution is 5.82. The molecular formula is C8H17N3O2. The van der Waals surface area contributed by atoms with Gasteiger partial charge in [0.05, 0.1) is 7.11 Å². The molecule has 0 saturated heterocycles. The summed E-state index contributed by atoms with van der Waals surface area (Å²) in [6.45, 7) is 3.97. The van der Waals surface area contributed by atoms with Crippen LogP contribution in [0.5, 0.6) is 0 Å². The number of carbonyl (C=O) groups excluding carboxylic acids is 1. The maximum Gasteiger partial charge on any atom is 0.330 e. The standard InChI is InChI=1S/C8H17N3O2/c1-5(2)4-6(7(12)13-3)11-8(9)10/h5-6H,4H2,1-3H3,(H4,9,10,11). The molecule has 0 aromatic carbocycles. The molecule has 0 fully saturated rings. The lowest BCUT2D eigenvalue weighted by molar-refractivity contribution is -0.142. The lowest BCUT2D eigenvalue weighted by Gasteiger charge is -2.12. The van der Waals surface area contributed by atoms with Crippen LogP contribution in [0, 0.1) is 5.92 Å². The normalized spacial score (nSPS) is 12.3. The largest absolute Gasteiger partial charge is 0.467 e. The fraction of sp³-hybridized carbons (Fsp3) is 0.750. The van der Waals surface area contributed by atoms with Gasteiger partial charge in [0.15, 0.2) is 12.0 Å². The molecule has 0 radical (unpaired) electrons. The van der Waals surface area contributed by atoms with Gasteiger partial charge >= 0.3 is 5.97 Å². The molecule has 0 heterocycles. The third kappa shape index (κ3) is 5.05. The van der Waals surface area contributed by atoms with Crippen LogP contribution in [0.15, 0.2) is 4.99 Å². The summed E-state index contributed by atoms with van der Waals surface area (Å²) in [5, 5.41) is 0. The maximum absolute atomic E-state index is 11.1. The third-order valence-corrected chi connectivity index (χ3v) is 1.47. The van der Waals surface area contributed by atoms with E-state index in [4.69, 9.17) is 11.5 Å². The predicted molar refractivity (Wildman–Crippen MR) is 51.1 cm³/mol. The molecule has 0 amide bonds. The van der Waals surface area contributed by atoms with E-state index >= 15 is 0 Å². The average Bonchev–Trinajstić information content (AvgIpc) is 2.00. The Kier molecular flexibility index (Phi) is 4.87. The molecule has 0 aliphatic heterocycles. The monoisotopic (exact) mass is 187 g/mol. The Morgan fingerprint density at radius 1 is 1.46 bits per heavy atom. The second-order valence-corrected chi connectivity index (χ2v) is 3.22. The molecule has 0 rings (SSSR count). The Hall–Kier alpha value is -1.26. The van der Waals surface area contributed by atoms with Gasteiger partial charge in [0, 0.05) is 0 Å². The van der Waals surface area contributed by atoms with Crippen LogP contribution in [-0.4, -0.2) is 25.1 Å². The van der Waals surface area contributed by atoms with Crippen LogP contribution in [-0.2, 0) is 9.53 Å². The summed E-state index contributed by atoms with van der Waals surface area (Å²) in [7, 11) is 1.32. The van der Waals surface area contributed by atoms with E-state index in [9.17, 15) is 4.79 Å². The summed E-state index contributed by atoms with van der Waals surface area (Å²) < 4.78 is 4.56. The first-order chi connectivity index (χ1) is 5.97. The zero-order valence-corrected chi connectivity index (χ0v) is 8.28. The second-order valence-electron chi connectivity index (χ2n) is 3.22. The topological polar surface area (TPSA) is 90.7 Å². The number of hydrogen-bond donors (Lipinski definition) is 2. The molecule has 0 bridgehead atoms. The van der Waals surface area contributed by atoms with Crippen molar-refractivity contribution in [3.05, 3.63) is 0 Å². The smallest absolute Gasteiger partial charge is 0.330 e. The minimum absolute atomic E-state index is 0.0870. The Morgan fingerprint density at radius 3 is 2.31 bits per heavy atom. The van der Waals surface area contributed by atoms with Gasteiger partial charge in [0.2, 0.25) is 0 Å². The van der Waals surface area contributed by atoms with Crippen molar-refractivity contribution in [1.29, 1.82) is 0 Å². The summed E-state index contributed by atoms with van der Waals surface area (Å²) in [6, 6.07) is -0.574. The molecular weight excluding hydrogens is 170 g/mol. The number of hydrogen-bond acceptors (Lipinski definition) is 3. The van der Waals surface area contributed by atoms with Gasteiger partial charge in [-0.05, 0) is 12.3 Å². The molecule has 0 spiro atoms. The first-order valence-electron chi connectivity index (χ1n) is 4.14. The van der Waals surface area contributed by atoms with E-state index in [2.05, 4.69) is 9.73 Å². The molecule has 0 aromatic rings. The van der Waals surface area contributed by atoms with Crippen LogP contribution in [0.3, 0.4) is 0 Å². The number of esters is 1. The first kappa shape index (κ1) is 11.7.